The summed E-state index contributed by atoms with van der Waals surface area (Å²) < 4.78 is 0. The zero-order valence-corrected chi connectivity index (χ0v) is 43.0. The lowest BCUT2D eigenvalue weighted by molar-refractivity contribution is -0.131. The van der Waals surface area contributed by atoms with Crippen molar-refractivity contribution in [1.82, 2.24) is 5.32 Å². The smallest absolute Gasteiger partial charge is 0.249 e. The largest absolute Gasteiger partial charge is 0.394 e. The highest BCUT2D eigenvalue weighted by molar-refractivity contribution is 5.80. The molecule has 5 nitrogen and oxygen atoms in total. The second-order valence-electron chi connectivity index (χ2n) is 20.2. The van der Waals surface area contributed by atoms with Crippen LogP contribution in [0.15, 0.2) is 12.2 Å². The van der Waals surface area contributed by atoms with Crippen LogP contribution in [0.4, 0.5) is 0 Å². The van der Waals surface area contributed by atoms with Crippen LogP contribution >= 0.6 is 0 Å². The van der Waals surface area contributed by atoms with Crippen molar-refractivity contribution >= 4 is 5.91 Å². The topological polar surface area (TPSA) is 89.8 Å². The highest BCUT2D eigenvalue weighted by atomic mass is 16.3. The Morgan fingerprint density at radius 3 is 0.873 bits per heavy atom. The number of unbranched alkanes of at least 4 members (excludes halogenated alkanes) is 46. The van der Waals surface area contributed by atoms with Gasteiger partial charge in [-0.05, 0) is 19.3 Å². The molecule has 0 heterocycles. The summed E-state index contributed by atoms with van der Waals surface area (Å²) >= 11 is 0. The Hall–Kier alpha value is -0.910. The van der Waals surface area contributed by atoms with Crippen molar-refractivity contribution in [3.05, 3.63) is 12.2 Å². The molecule has 3 unspecified atom stereocenters. The molecule has 0 aliphatic rings. The summed E-state index contributed by atoms with van der Waals surface area (Å²) in [6.45, 7) is 4.21. The Morgan fingerprint density at radius 1 is 0.381 bits per heavy atom. The standard InChI is InChI=1S/C58H115NO4/c1-3-5-7-9-11-13-15-17-18-19-20-21-22-23-24-25-26-27-28-29-30-31-32-33-34-35-36-37-38-39-41-43-45-47-49-51-53-57(62)58(63)59-55(54-60)56(61)52-50-48-46-44-42-40-16-14-12-10-8-6-4-2/h50,52,55-57,60-62H,3-49,51,53-54H2,1-2H3,(H,59,63)/b52-50+. The third-order valence-electron chi connectivity index (χ3n) is 13.9. The highest BCUT2D eigenvalue weighted by Gasteiger charge is 2.22. The summed E-state index contributed by atoms with van der Waals surface area (Å²) in [6.07, 6.45) is 67.5. The summed E-state index contributed by atoms with van der Waals surface area (Å²) in [5.74, 6) is -0.497. The molecule has 0 saturated heterocycles. The van der Waals surface area contributed by atoms with E-state index >= 15 is 0 Å². The number of nitrogens with one attached hydrogen (secondary N) is 1. The van der Waals surface area contributed by atoms with Crippen LogP contribution in [0.1, 0.15) is 328 Å². The lowest BCUT2D eigenvalue weighted by atomic mass is 10.0. The lowest BCUT2D eigenvalue weighted by Gasteiger charge is -2.21. The molecule has 0 saturated carbocycles. The molecular weight excluding hydrogens is 775 g/mol. The average Bonchev–Trinajstić information content (AvgIpc) is 3.29. The fraction of sp³-hybridized carbons (Fsp3) is 0.948. The minimum atomic E-state index is -1.09. The maximum atomic E-state index is 12.5. The van der Waals surface area contributed by atoms with Crippen LogP contribution in [-0.4, -0.2) is 46.1 Å². The Bertz CT molecular complexity index is 894. The van der Waals surface area contributed by atoms with Gasteiger partial charge in [-0.25, -0.2) is 0 Å². The van der Waals surface area contributed by atoms with Crippen molar-refractivity contribution < 1.29 is 20.1 Å². The van der Waals surface area contributed by atoms with E-state index in [1.54, 1.807) is 6.08 Å². The van der Waals surface area contributed by atoms with E-state index in [1.807, 2.05) is 6.08 Å². The van der Waals surface area contributed by atoms with Crippen LogP contribution < -0.4 is 5.32 Å². The van der Waals surface area contributed by atoms with Gasteiger partial charge in [-0.1, -0.05) is 321 Å². The normalized spacial score (nSPS) is 13.3. The first-order valence-corrected chi connectivity index (χ1v) is 29.0. The van der Waals surface area contributed by atoms with E-state index in [2.05, 4.69) is 19.2 Å². The van der Waals surface area contributed by atoms with Crippen molar-refractivity contribution in [2.24, 2.45) is 0 Å². The van der Waals surface area contributed by atoms with Gasteiger partial charge in [0.15, 0.2) is 0 Å². The average molecular weight is 891 g/mol. The molecule has 0 aliphatic heterocycles. The van der Waals surface area contributed by atoms with Crippen LogP contribution in [0.3, 0.4) is 0 Å². The van der Waals surface area contributed by atoms with Crippen molar-refractivity contribution in [3.63, 3.8) is 0 Å². The van der Waals surface area contributed by atoms with E-state index in [-0.39, 0.29) is 6.61 Å². The van der Waals surface area contributed by atoms with Crippen LogP contribution in [0.2, 0.25) is 0 Å². The first kappa shape index (κ1) is 62.1. The number of allylic oxidation sites excluding steroid dienone is 1. The van der Waals surface area contributed by atoms with Crippen molar-refractivity contribution in [2.45, 2.75) is 347 Å². The number of amides is 1. The summed E-state index contributed by atoms with van der Waals surface area (Å²) in [4.78, 5) is 12.5. The molecule has 63 heavy (non-hydrogen) atoms. The quantitative estimate of drug-likeness (QED) is 0.0362. The zero-order valence-electron chi connectivity index (χ0n) is 43.0. The molecule has 0 rings (SSSR count). The number of aliphatic hydroxyl groups is 3. The third kappa shape index (κ3) is 48.8. The van der Waals surface area contributed by atoms with Gasteiger partial charge in [-0.15, -0.1) is 0 Å². The molecule has 0 aromatic rings. The van der Waals surface area contributed by atoms with Gasteiger partial charge in [-0.2, -0.15) is 0 Å². The van der Waals surface area contributed by atoms with Crippen molar-refractivity contribution in [3.8, 4) is 0 Å². The molecule has 3 atom stereocenters. The summed E-state index contributed by atoms with van der Waals surface area (Å²) in [5, 5.41) is 33.3. The summed E-state index contributed by atoms with van der Waals surface area (Å²) in [5.41, 5.74) is 0. The minimum Gasteiger partial charge on any atom is -0.394 e. The van der Waals surface area contributed by atoms with E-state index in [1.165, 1.54) is 276 Å². The molecule has 0 bridgehead atoms. The second kappa shape index (κ2) is 53.7. The van der Waals surface area contributed by atoms with Gasteiger partial charge in [0.05, 0.1) is 18.8 Å². The zero-order chi connectivity index (χ0) is 45.8. The van der Waals surface area contributed by atoms with Gasteiger partial charge in [0.2, 0.25) is 5.91 Å². The molecule has 0 aromatic heterocycles. The van der Waals surface area contributed by atoms with Crippen LogP contribution in [0.5, 0.6) is 0 Å². The first-order chi connectivity index (χ1) is 31.1. The first-order valence-electron chi connectivity index (χ1n) is 29.0. The summed E-state index contributed by atoms with van der Waals surface area (Å²) in [6, 6.07) is -0.793. The van der Waals surface area contributed by atoms with Gasteiger partial charge in [0.1, 0.15) is 6.10 Å². The number of carbonyl (C=O) groups excluding carboxylic acids is 1. The molecule has 0 radical (unpaired) electrons. The number of rotatable bonds is 54. The molecule has 1 amide bonds. The molecule has 5 heteroatoms. The maximum absolute atomic E-state index is 12.5. The second-order valence-corrected chi connectivity index (χ2v) is 20.2. The van der Waals surface area contributed by atoms with E-state index in [0.717, 1.165) is 32.1 Å². The number of carbonyl (C=O) groups is 1. The van der Waals surface area contributed by atoms with Crippen LogP contribution in [0.25, 0.3) is 0 Å². The van der Waals surface area contributed by atoms with Gasteiger partial charge in [0, 0.05) is 0 Å². The third-order valence-corrected chi connectivity index (χ3v) is 13.9. The van der Waals surface area contributed by atoms with E-state index in [9.17, 15) is 20.1 Å². The molecule has 0 spiro atoms. The van der Waals surface area contributed by atoms with Crippen LogP contribution in [-0.2, 0) is 4.79 Å². The predicted octanol–water partition coefficient (Wildman–Crippen LogP) is 17.9. The minimum absolute atomic E-state index is 0.359. The Balaban J connectivity index is 3.42. The fourth-order valence-electron chi connectivity index (χ4n) is 9.37. The predicted molar refractivity (Wildman–Crippen MR) is 278 cm³/mol. The molecule has 0 fully saturated rings. The lowest BCUT2D eigenvalue weighted by Crippen LogP contribution is -2.48. The Morgan fingerprint density at radius 2 is 0.619 bits per heavy atom. The maximum Gasteiger partial charge on any atom is 0.249 e. The van der Waals surface area contributed by atoms with Gasteiger partial charge < -0.3 is 20.6 Å². The van der Waals surface area contributed by atoms with Crippen LogP contribution in [0, 0.1) is 0 Å². The van der Waals surface area contributed by atoms with Gasteiger partial charge >= 0.3 is 0 Å². The van der Waals surface area contributed by atoms with E-state index < -0.39 is 24.2 Å². The number of hydrogen-bond donors (Lipinski definition) is 4. The van der Waals surface area contributed by atoms with Crippen molar-refractivity contribution in [1.29, 1.82) is 0 Å². The van der Waals surface area contributed by atoms with E-state index in [0.29, 0.717) is 6.42 Å². The van der Waals surface area contributed by atoms with E-state index in [4.69, 9.17) is 0 Å². The fourth-order valence-corrected chi connectivity index (χ4v) is 9.37. The number of aliphatic hydroxyl groups excluding tert-OH is 3. The van der Waals surface area contributed by atoms with Gasteiger partial charge in [0.25, 0.3) is 0 Å². The highest BCUT2D eigenvalue weighted by Crippen LogP contribution is 2.18. The molecule has 4 N–H and O–H groups in total. The molecule has 0 aliphatic carbocycles. The van der Waals surface area contributed by atoms with Crippen molar-refractivity contribution in [2.75, 3.05) is 6.61 Å². The molecule has 376 valence electrons. The van der Waals surface area contributed by atoms with Gasteiger partial charge in [-0.3, -0.25) is 4.79 Å². The monoisotopic (exact) mass is 890 g/mol. The summed E-state index contributed by atoms with van der Waals surface area (Å²) in [7, 11) is 0. The SMILES string of the molecule is CCCCCCCCCCCCC/C=C/C(O)C(CO)NC(=O)C(O)CCCCCCCCCCCCCCCCCCCCCCCCCCCCCCCCCCCCCC. The number of hydrogen-bond acceptors (Lipinski definition) is 4. The molecular formula is C58H115NO4. The molecule has 0 aromatic carbocycles. The Kier molecular flexibility index (Phi) is 52.9. The Labute approximate surface area is 395 Å².